The molecule has 1 rings (SSSR count). The molecular formula is C12H20N4O5. The van der Waals surface area contributed by atoms with Gasteiger partial charge in [-0.15, -0.1) is 0 Å². The van der Waals surface area contributed by atoms with Crippen LogP contribution < -0.4 is 21.7 Å². The molecule has 1 aliphatic rings. The summed E-state index contributed by atoms with van der Waals surface area (Å²) in [5.74, 6) is -2.22. The van der Waals surface area contributed by atoms with Gasteiger partial charge in [0.25, 0.3) is 0 Å². The van der Waals surface area contributed by atoms with Gasteiger partial charge in [0.1, 0.15) is 6.04 Å². The van der Waals surface area contributed by atoms with Crippen molar-refractivity contribution >= 4 is 23.8 Å². The average molecular weight is 300 g/mol. The smallest absolute Gasteiger partial charge is 0.326 e. The highest BCUT2D eigenvalue weighted by atomic mass is 16.4. The molecular weight excluding hydrogens is 280 g/mol. The summed E-state index contributed by atoms with van der Waals surface area (Å²) in [4.78, 5) is 44.3. The Morgan fingerprint density at radius 3 is 2.43 bits per heavy atom. The molecule has 1 aliphatic carbocycles. The van der Waals surface area contributed by atoms with E-state index in [-0.39, 0.29) is 12.5 Å². The zero-order valence-electron chi connectivity index (χ0n) is 11.6. The molecule has 0 aromatic rings. The highest BCUT2D eigenvalue weighted by molar-refractivity contribution is 5.87. The first-order chi connectivity index (χ1) is 9.88. The molecule has 9 nitrogen and oxygen atoms in total. The molecule has 6 N–H and O–H groups in total. The topological polar surface area (TPSA) is 151 Å². The van der Waals surface area contributed by atoms with Crippen molar-refractivity contribution in [1.29, 1.82) is 0 Å². The lowest BCUT2D eigenvalue weighted by molar-refractivity contribution is -0.140. The maximum absolute atomic E-state index is 11.4. The molecule has 0 radical (unpaired) electrons. The second kappa shape index (κ2) is 8.08. The molecule has 0 aliphatic heterocycles. The molecule has 0 unspecified atom stereocenters. The minimum Gasteiger partial charge on any atom is -0.480 e. The first-order valence-corrected chi connectivity index (χ1v) is 6.73. The molecule has 9 heteroatoms. The largest absolute Gasteiger partial charge is 0.480 e. The number of aliphatic carboxylic acids is 1. The van der Waals surface area contributed by atoms with Gasteiger partial charge in [0.2, 0.25) is 11.8 Å². The number of hydrogen-bond donors (Lipinski definition) is 5. The van der Waals surface area contributed by atoms with Crippen LogP contribution in [0.25, 0.3) is 0 Å². The van der Waals surface area contributed by atoms with Crippen molar-refractivity contribution in [2.75, 3.05) is 6.54 Å². The highest BCUT2D eigenvalue weighted by Crippen LogP contribution is 2.18. The third-order valence-corrected chi connectivity index (χ3v) is 2.82. The van der Waals surface area contributed by atoms with Crippen molar-refractivity contribution in [3.8, 4) is 0 Å². The molecule has 1 atom stereocenters. The number of nitrogens with one attached hydrogen (secondary N) is 3. The lowest BCUT2D eigenvalue weighted by Gasteiger charge is -2.13. The van der Waals surface area contributed by atoms with Gasteiger partial charge >= 0.3 is 12.0 Å². The first-order valence-electron chi connectivity index (χ1n) is 6.73. The number of primary amides is 1. The van der Waals surface area contributed by atoms with Crippen molar-refractivity contribution in [3.63, 3.8) is 0 Å². The van der Waals surface area contributed by atoms with E-state index in [0.717, 1.165) is 12.8 Å². The Hall–Kier alpha value is -2.32. The second-order valence-electron chi connectivity index (χ2n) is 4.91. The molecule has 118 valence electrons. The van der Waals surface area contributed by atoms with Gasteiger partial charge in [-0.25, -0.2) is 9.59 Å². The van der Waals surface area contributed by atoms with Crippen molar-refractivity contribution in [2.24, 2.45) is 5.73 Å². The van der Waals surface area contributed by atoms with E-state index in [4.69, 9.17) is 10.8 Å². The van der Waals surface area contributed by atoms with Crippen molar-refractivity contribution < 1.29 is 24.3 Å². The van der Waals surface area contributed by atoms with Crippen LogP contribution in [0.5, 0.6) is 0 Å². The third-order valence-electron chi connectivity index (χ3n) is 2.82. The maximum atomic E-state index is 11.4. The van der Waals surface area contributed by atoms with E-state index < -0.39 is 30.4 Å². The molecule has 0 heterocycles. The Morgan fingerprint density at radius 1 is 1.24 bits per heavy atom. The summed E-state index contributed by atoms with van der Waals surface area (Å²) in [7, 11) is 0. The van der Waals surface area contributed by atoms with Crippen LogP contribution >= 0.6 is 0 Å². The number of amides is 4. The maximum Gasteiger partial charge on any atom is 0.326 e. The van der Waals surface area contributed by atoms with E-state index in [1.807, 2.05) is 0 Å². The third kappa shape index (κ3) is 7.75. The van der Waals surface area contributed by atoms with Crippen molar-refractivity contribution in [1.82, 2.24) is 16.0 Å². The van der Waals surface area contributed by atoms with Gasteiger partial charge in [0.05, 0.1) is 6.42 Å². The van der Waals surface area contributed by atoms with Crippen LogP contribution in [0.2, 0.25) is 0 Å². The number of rotatable bonds is 9. The Labute approximate surface area is 121 Å². The predicted octanol–water partition coefficient (Wildman–Crippen LogP) is -1.33. The lowest BCUT2D eigenvalue weighted by atomic mass is 10.2. The quantitative estimate of drug-likeness (QED) is 0.334. The van der Waals surface area contributed by atoms with Crippen LogP contribution in [0.1, 0.15) is 32.1 Å². The van der Waals surface area contributed by atoms with Crippen LogP contribution in [0.3, 0.4) is 0 Å². The van der Waals surface area contributed by atoms with Crippen molar-refractivity contribution in [2.45, 2.75) is 44.2 Å². The van der Waals surface area contributed by atoms with E-state index in [2.05, 4.69) is 16.0 Å². The summed E-state index contributed by atoms with van der Waals surface area (Å²) >= 11 is 0. The Morgan fingerprint density at radius 2 is 1.90 bits per heavy atom. The normalized spacial score (nSPS) is 14.9. The Bertz CT molecular complexity index is 422. The number of carbonyl (C=O) groups is 4. The van der Waals surface area contributed by atoms with Crippen molar-refractivity contribution in [3.05, 3.63) is 0 Å². The molecule has 0 spiro atoms. The summed E-state index contributed by atoms with van der Waals surface area (Å²) < 4.78 is 0. The fourth-order valence-corrected chi connectivity index (χ4v) is 1.59. The van der Waals surface area contributed by atoms with E-state index >= 15 is 0 Å². The molecule has 0 saturated heterocycles. The van der Waals surface area contributed by atoms with Crippen LogP contribution in [-0.2, 0) is 14.4 Å². The fourth-order valence-electron chi connectivity index (χ4n) is 1.59. The number of carbonyl (C=O) groups excluding carboxylic acids is 3. The van der Waals surface area contributed by atoms with E-state index in [0.29, 0.717) is 18.9 Å². The molecule has 21 heavy (non-hydrogen) atoms. The molecule has 1 fully saturated rings. The predicted molar refractivity (Wildman–Crippen MR) is 72.2 cm³/mol. The summed E-state index contributed by atoms with van der Waals surface area (Å²) in [6.45, 7) is 0.229. The molecule has 0 bridgehead atoms. The van der Waals surface area contributed by atoms with Crippen LogP contribution in [-0.4, -0.2) is 47.5 Å². The summed E-state index contributed by atoms with van der Waals surface area (Å²) in [5, 5.41) is 16.2. The Kier molecular flexibility index (Phi) is 6.44. The zero-order valence-corrected chi connectivity index (χ0v) is 11.6. The van der Waals surface area contributed by atoms with Gasteiger partial charge in [-0.05, 0) is 19.3 Å². The Balaban J connectivity index is 2.15. The fraction of sp³-hybridized carbons (Fsp3) is 0.667. The van der Waals surface area contributed by atoms with Gasteiger partial charge in [-0.3, -0.25) is 9.59 Å². The standard InChI is InChI=1S/C12H20N4O5/c13-9(17)6-8(11(19)20)16-12(21)14-5-1-2-10(18)15-7-3-4-7/h7-8H,1-6H2,(H2,13,17)(H,15,18)(H,19,20)(H2,14,16,21)/t8-/m1/s1. The molecule has 1 saturated carbocycles. The monoisotopic (exact) mass is 300 g/mol. The van der Waals surface area contributed by atoms with Gasteiger partial charge in [-0.1, -0.05) is 0 Å². The van der Waals surface area contributed by atoms with Crippen LogP contribution in [0, 0.1) is 0 Å². The summed E-state index contributed by atoms with van der Waals surface area (Å²) in [5.41, 5.74) is 4.89. The molecule has 0 aromatic carbocycles. The second-order valence-corrected chi connectivity index (χ2v) is 4.91. The lowest BCUT2D eigenvalue weighted by Crippen LogP contribution is -2.47. The van der Waals surface area contributed by atoms with Gasteiger partial charge in [0, 0.05) is 19.0 Å². The van der Waals surface area contributed by atoms with E-state index in [9.17, 15) is 19.2 Å². The van der Waals surface area contributed by atoms with E-state index in [1.54, 1.807) is 0 Å². The number of carboxylic acid groups (broad SMARTS) is 1. The minimum absolute atomic E-state index is 0.0585. The first kappa shape index (κ1) is 16.7. The SMILES string of the molecule is NC(=O)C[C@@H](NC(=O)NCCCC(=O)NC1CC1)C(=O)O. The summed E-state index contributed by atoms with van der Waals surface area (Å²) in [6, 6.07) is -1.77. The number of hydrogen-bond acceptors (Lipinski definition) is 4. The average Bonchev–Trinajstić information content (AvgIpc) is 3.17. The van der Waals surface area contributed by atoms with Gasteiger partial charge < -0.3 is 26.8 Å². The molecule has 0 aromatic heterocycles. The zero-order chi connectivity index (χ0) is 15.8. The highest BCUT2D eigenvalue weighted by Gasteiger charge is 2.23. The number of nitrogens with two attached hydrogens (primary N) is 1. The number of carboxylic acids is 1. The summed E-state index contributed by atoms with van der Waals surface area (Å²) in [6.07, 6.45) is 2.29. The van der Waals surface area contributed by atoms with Gasteiger partial charge in [-0.2, -0.15) is 0 Å². The minimum atomic E-state index is -1.36. The van der Waals surface area contributed by atoms with Crippen LogP contribution in [0.15, 0.2) is 0 Å². The van der Waals surface area contributed by atoms with E-state index in [1.165, 1.54) is 0 Å². The van der Waals surface area contributed by atoms with Crippen LogP contribution in [0.4, 0.5) is 4.79 Å². The molecule has 4 amide bonds. The number of urea groups is 1. The van der Waals surface area contributed by atoms with Gasteiger partial charge in [0.15, 0.2) is 0 Å².